The molecule has 0 bridgehead atoms. The van der Waals surface area contributed by atoms with Gasteiger partial charge >= 0.3 is 0 Å². The number of amides is 1. The van der Waals surface area contributed by atoms with Crippen molar-refractivity contribution in [3.63, 3.8) is 0 Å². The van der Waals surface area contributed by atoms with E-state index in [1.54, 1.807) is 12.6 Å². The average molecular weight is 443 g/mol. The summed E-state index contributed by atoms with van der Waals surface area (Å²) in [6, 6.07) is 3.76. The molecule has 166 valence electrons. The van der Waals surface area contributed by atoms with E-state index in [0.717, 1.165) is 65.0 Å². The predicted octanol–water partition coefficient (Wildman–Crippen LogP) is 2.55. The van der Waals surface area contributed by atoms with Crippen molar-refractivity contribution in [3.8, 4) is 0 Å². The lowest BCUT2D eigenvalue weighted by atomic mass is 10.1. The molecule has 0 spiro atoms. The minimum absolute atomic E-state index is 0.0167. The molecule has 0 saturated carbocycles. The van der Waals surface area contributed by atoms with Crippen molar-refractivity contribution >= 4 is 33.3 Å². The second-order valence-electron chi connectivity index (χ2n) is 8.33. The Morgan fingerprint density at radius 3 is 2.65 bits per heavy atom. The van der Waals surface area contributed by atoms with E-state index in [-0.39, 0.29) is 5.91 Å². The molecular formula is C22H30N6O2S. The number of thiophene rings is 1. The maximum atomic E-state index is 13.6. The van der Waals surface area contributed by atoms with Crippen LogP contribution in [-0.2, 0) is 6.54 Å². The summed E-state index contributed by atoms with van der Waals surface area (Å²) in [5.74, 6) is 1.74. The van der Waals surface area contributed by atoms with Crippen LogP contribution in [0.1, 0.15) is 21.0 Å². The molecule has 1 aliphatic heterocycles. The van der Waals surface area contributed by atoms with Crippen LogP contribution in [-0.4, -0.2) is 91.0 Å². The number of piperazine rings is 1. The molecule has 9 heteroatoms. The summed E-state index contributed by atoms with van der Waals surface area (Å²) in [5, 5.41) is 1.01. The van der Waals surface area contributed by atoms with Gasteiger partial charge in [0, 0.05) is 39.3 Å². The molecule has 4 rings (SSSR count). The first-order valence-electron chi connectivity index (χ1n) is 10.6. The molecule has 0 atom stereocenters. The number of anilines is 1. The number of rotatable bonds is 7. The van der Waals surface area contributed by atoms with E-state index >= 15 is 0 Å². The minimum atomic E-state index is 0.0167. The van der Waals surface area contributed by atoms with Crippen LogP contribution >= 0.6 is 11.3 Å². The van der Waals surface area contributed by atoms with Crippen LogP contribution in [0.5, 0.6) is 0 Å². The second-order valence-corrected chi connectivity index (χ2v) is 9.33. The van der Waals surface area contributed by atoms with E-state index in [2.05, 4.69) is 31.7 Å². The fourth-order valence-electron chi connectivity index (χ4n) is 3.82. The monoisotopic (exact) mass is 442 g/mol. The SMILES string of the molecule is Cc1c(C(=O)N(CCN(C)C)Cc2ccco2)sc2ncnc(N3CCN(C)CC3)c12. The Bertz CT molecular complexity index is 1020. The van der Waals surface area contributed by atoms with Crippen LogP contribution in [0.4, 0.5) is 5.82 Å². The molecule has 0 radical (unpaired) electrons. The predicted molar refractivity (Wildman–Crippen MR) is 124 cm³/mol. The number of hydrogen-bond acceptors (Lipinski definition) is 8. The van der Waals surface area contributed by atoms with Gasteiger partial charge in [-0.3, -0.25) is 4.79 Å². The minimum Gasteiger partial charge on any atom is -0.467 e. The van der Waals surface area contributed by atoms with E-state index in [0.29, 0.717) is 13.1 Å². The van der Waals surface area contributed by atoms with Crippen molar-refractivity contribution in [1.82, 2.24) is 24.7 Å². The van der Waals surface area contributed by atoms with E-state index < -0.39 is 0 Å². The first-order chi connectivity index (χ1) is 14.9. The van der Waals surface area contributed by atoms with Gasteiger partial charge in [-0.05, 0) is 45.8 Å². The lowest BCUT2D eigenvalue weighted by molar-refractivity contribution is 0.0724. The van der Waals surface area contributed by atoms with Crippen molar-refractivity contribution in [2.24, 2.45) is 0 Å². The molecule has 31 heavy (non-hydrogen) atoms. The summed E-state index contributed by atoms with van der Waals surface area (Å²) >= 11 is 1.46. The Morgan fingerprint density at radius 2 is 1.97 bits per heavy atom. The molecule has 0 unspecified atom stereocenters. The number of aryl methyl sites for hydroxylation is 1. The van der Waals surface area contributed by atoms with Crippen LogP contribution in [0.15, 0.2) is 29.1 Å². The van der Waals surface area contributed by atoms with Crippen LogP contribution in [0.2, 0.25) is 0 Å². The summed E-state index contributed by atoms with van der Waals surface area (Å²) < 4.78 is 5.52. The van der Waals surface area contributed by atoms with Crippen molar-refractivity contribution in [1.29, 1.82) is 0 Å². The van der Waals surface area contributed by atoms with Gasteiger partial charge < -0.3 is 24.0 Å². The molecule has 0 aliphatic carbocycles. The Hall–Kier alpha value is -2.49. The van der Waals surface area contributed by atoms with Gasteiger partial charge in [0.15, 0.2) is 0 Å². The molecule has 0 aromatic carbocycles. The molecular weight excluding hydrogens is 412 g/mol. The lowest BCUT2D eigenvalue weighted by Crippen LogP contribution is -2.44. The zero-order chi connectivity index (χ0) is 22.0. The lowest BCUT2D eigenvalue weighted by Gasteiger charge is -2.33. The van der Waals surface area contributed by atoms with Gasteiger partial charge in [-0.1, -0.05) is 0 Å². The average Bonchev–Trinajstić information content (AvgIpc) is 3.39. The summed E-state index contributed by atoms with van der Waals surface area (Å²) in [7, 11) is 6.16. The Labute approximate surface area is 187 Å². The standard InChI is InChI=1S/C22H30N6O2S/c1-16-18-20(27-11-8-26(4)9-12-27)23-15-24-21(18)31-19(16)22(29)28(10-7-25(2)3)14-17-6-5-13-30-17/h5-6,13,15H,7-12,14H2,1-4H3. The third-order valence-electron chi connectivity index (χ3n) is 5.74. The van der Waals surface area contributed by atoms with Crippen LogP contribution in [0.3, 0.4) is 0 Å². The van der Waals surface area contributed by atoms with Crippen molar-refractivity contribution in [2.75, 3.05) is 65.3 Å². The normalized spacial score (nSPS) is 15.2. The van der Waals surface area contributed by atoms with Gasteiger partial charge in [0.1, 0.15) is 22.7 Å². The third-order valence-corrected chi connectivity index (χ3v) is 6.92. The highest BCUT2D eigenvalue weighted by Crippen LogP contribution is 2.36. The number of fused-ring (bicyclic) bond motifs is 1. The first kappa shape index (κ1) is 21.7. The second kappa shape index (κ2) is 9.33. The molecule has 8 nitrogen and oxygen atoms in total. The smallest absolute Gasteiger partial charge is 0.264 e. The molecule has 1 amide bonds. The number of likely N-dealkylation sites (N-methyl/N-ethyl adjacent to an activating group) is 2. The number of carbonyl (C=O) groups excluding carboxylic acids is 1. The summed E-state index contributed by atoms with van der Waals surface area (Å²) in [6.45, 7) is 7.73. The quantitative estimate of drug-likeness (QED) is 0.557. The van der Waals surface area contributed by atoms with E-state index in [9.17, 15) is 4.79 Å². The van der Waals surface area contributed by atoms with Crippen LogP contribution < -0.4 is 4.90 Å². The van der Waals surface area contributed by atoms with Crippen LogP contribution in [0, 0.1) is 6.92 Å². The molecule has 3 aromatic heterocycles. The highest BCUT2D eigenvalue weighted by atomic mass is 32.1. The van der Waals surface area contributed by atoms with E-state index in [1.165, 1.54) is 11.3 Å². The van der Waals surface area contributed by atoms with Crippen molar-refractivity contribution < 1.29 is 9.21 Å². The highest BCUT2D eigenvalue weighted by molar-refractivity contribution is 7.20. The number of nitrogens with zero attached hydrogens (tertiary/aromatic N) is 6. The number of carbonyl (C=O) groups is 1. The number of aromatic nitrogens is 2. The zero-order valence-corrected chi connectivity index (χ0v) is 19.5. The maximum Gasteiger partial charge on any atom is 0.264 e. The van der Waals surface area contributed by atoms with Gasteiger partial charge in [0.2, 0.25) is 0 Å². The molecule has 1 fully saturated rings. The van der Waals surface area contributed by atoms with E-state index in [4.69, 9.17) is 4.42 Å². The van der Waals surface area contributed by atoms with Gasteiger partial charge in [-0.15, -0.1) is 11.3 Å². The molecule has 1 saturated heterocycles. The first-order valence-corrected chi connectivity index (χ1v) is 11.4. The third kappa shape index (κ3) is 4.73. The maximum absolute atomic E-state index is 13.6. The van der Waals surface area contributed by atoms with Gasteiger partial charge in [-0.2, -0.15) is 0 Å². The number of hydrogen-bond donors (Lipinski definition) is 0. The largest absolute Gasteiger partial charge is 0.467 e. The van der Waals surface area contributed by atoms with Crippen molar-refractivity contribution in [2.45, 2.75) is 13.5 Å². The summed E-state index contributed by atoms with van der Waals surface area (Å²) in [5.41, 5.74) is 0.967. The Kier molecular flexibility index (Phi) is 6.54. The van der Waals surface area contributed by atoms with Crippen LogP contribution in [0.25, 0.3) is 10.2 Å². The number of furan rings is 1. The highest BCUT2D eigenvalue weighted by Gasteiger charge is 2.26. The Balaban J connectivity index is 1.66. The zero-order valence-electron chi connectivity index (χ0n) is 18.7. The fourth-order valence-corrected chi connectivity index (χ4v) is 4.93. The van der Waals surface area contributed by atoms with Gasteiger partial charge in [0.05, 0.1) is 23.1 Å². The van der Waals surface area contributed by atoms with Crippen molar-refractivity contribution in [3.05, 3.63) is 40.9 Å². The Morgan fingerprint density at radius 1 is 1.19 bits per heavy atom. The molecule has 0 N–H and O–H groups in total. The topological polar surface area (TPSA) is 69.0 Å². The fraction of sp³-hybridized carbons (Fsp3) is 0.500. The molecule has 1 aliphatic rings. The molecule has 3 aromatic rings. The summed E-state index contributed by atoms with van der Waals surface area (Å²) in [6.07, 6.45) is 3.26. The van der Waals surface area contributed by atoms with E-state index in [1.807, 2.05) is 38.1 Å². The van der Waals surface area contributed by atoms with Gasteiger partial charge in [0.25, 0.3) is 5.91 Å². The van der Waals surface area contributed by atoms with Gasteiger partial charge in [-0.25, -0.2) is 9.97 Å². The molecule has 4 heterocycles. The summed E-state index contributed by atoms with van der Waals surface area (Å²) in [4.78, 5) is 32.9.